The van der Waals surface area contributed by atoms with E-state index >= 15 is 0 Å². The van der Waals surface area contributed by atoms with Gasteiger partial charge < -0.3 is 10.2 Å². The standard InChI is InChI=1S/C20H22ClN3O3S2/c1-13-10-15-12-22-7-4-14(15)11-18(13)24-8-5-17(20(24)25)23-29(26,27)9-6-16-2-3-19(21)28-16/h2-3,6,9-11,17,22-23H,4-5,7-8,12H2,1H3/b9-6+/t17-/m0/s1. The molecule has 1 saturated heterocycles. The van der Waals surface area contributed by atoms with Gasteiger partial charge in [-0.2, -0.15) is 4.72 Å². The zero-order valence-electron chi connectivity index (χ0n) is 15.9. The summed E-state index contributed by atoms with van der Waals surface area (Å²) in [5.74, 6) is -0.210. The summed E-state index contributed by atoms with van der Waals surface area (Å²) in [4.78, 5) is 15.4. The maximum absolute atomic E-state index is 12.9. The van der Waals surface area contributed by atoms with Crippen LogP contribution in [0.25, 0.3) is 6.08 Å². The third-order valence-corrected chi connectivity index (χ3v) is 7.52. The van der Waals surface area contributed by atoms with Crippen molar-refractivity contribution in [1.29, 1.82) is 0 Å². The van der Waals surface area contributed by atoms with Crippen molar-refractivity contribution in [3.05, 3.63) is 55.6 Å². The molecule has 2 aliphatic rings. The lowest BCUT2D eigenvalue weighted by Crippen LogP contribution is -2.41. The number of benzene rings is 1. The average Bonchev–Trinajstić information content (AvgIpc) is 3.25. The molecule has 1 aromatic heterocycles. The zero-order chi connectivity index (χ0) is 20.6. The number of carbonyl (C=O) groups excluding carboxylic acids is 1. The predicted molar refractivity (Wildman–Crippen MR) is 118 cm³/mol. The predicted octanol–water partition coefficient (Wildman–Crippen LogP) is 3.05. The van der Waals surface area contributed by atoms with Gasteiger partial charge in [0.1, 0.15) is 6.04 Å². The molecule has 0 unspecified atom stereocenters. The van der Waals surface area contributed by atoms with Crippen LogP contribution in [0.2, 0.25) is 4.34 Å². The lowest BCUT2D eigenvalue weighted by molar-refractivity contribution is -0.118. The van der Waals surface area contributed by atoms with Gasteiger partial charge in [-0.25, -0.2) is 8.42 Å². The summed E-state index contributed by atoms with van der Waals surface area (Å²) in [7, 11) is -3.74. The molecule has 2 aromatic rings. The molecule has 0 saturated carbocycles. The van der Waals surface area contributed by atoms with Crippen LogP contribution in [0.15, 0.2) is 29.7 Å². The van der Waals surface area contributed by atoms with Gasteiger partial charge in [-0.05, 0) is 67.3 Å². The van der Waals surface area contributed by atoms with E-state index in [1.807, 2.05) is 6.92 Å². The van der Waals surface area contributed by atoms with Crippen molar-refractivity contribution in [3.8, 4) is 0 Å². The Labute approximate surface area is 179 Å². The summed E-state index contributed by atoms with van der Waals surface area (Å²) in [5.41, 5.74) is 4.42. The van der Waals surface area contributed by atoms with Crippen LogP contribution in [0, 0.1) is 6.92 Å². The molecule has 1 amide bonds. The van der Waals surface area contributed by atoms with Gasteiger partial charge in [-0.1, -0.05) is 17.7 Å². The van der Waals surface area contributed by atoms with Crippen LogP contribution in [0.3, 0.4) is 0 Å². The topological polar surface area (TPSA) is 78.5 Å². The molecule has 9 heteroatoms. The fourth-order valence-electron chi connectivity index (χ4n) is 3.77. The van der Waals surface area contributed by atoms with Gasteiger partial charge in [0.05, 0.1) is 4.34 Å². The van der Waals surface area contributed by atoms with Crippen LogP contribution in [-0.4, -0.2) is 33.5 Å². The van der Waals surface area contributed by atoms with Crippen molar-refractivity contribution in [2.75, 3.05) is 18.0 Å². The summed E-state index contributed by atoms with van der Waals surface area (Å²) >= 11 is 7.15. The summed E-state index contributed by atoms with van der Waals surface area (Å²) in [6.45, 7) is 4.25. The Morgan fingerprint density at radius 3 is 2.90 bits per heavy atom. The van der Waals surface area contributed by atoms with Crippen LogP contribution in [0.4, 0.5) is 5.69 Å². The number of nitrogens with zero attached hydrogens (tertiary/aromatic N) is 1. The molecule has 2 aliphatic heterocycles. The minimum Gasteiger partial charge on any atom is -0.312 e. The molecule has 0 bridgehead atoms. The molecule has 4 rings (SSSR count). The first-order chi connectivity index (χ1) is 13.8. The van der Waals surface area contributed by atoms with Crippen molar-refractivity contribution >= 4 is 50.6 Å². The Morgan fingerprint density at radius 2 is 2.14 bits per heavy atom. The second-order valence-electron chi connectivity index (χ2n) is 7.27. The first kappa shape index (κ1) is 20.6. The molecule has 6 nitrogen and oxygen atoms in total. The quantitative estimate of drug-likeness (QED) is 0.732. The highest BCUT2D eigenvalue weighted by molar-refractivity contribution is 7.92. The van der Waals surface area contributed by atoms with Crippen molar-refractivity contribution < 1.29 is 13.2 Å². The third-order valence-electron chi connectivity index (χ3n) is 5.21. The SMILES string of the molecule is Cc1cc2c(cc1N1CC[C@H](NS(=O)(=O)/C=C/c3ccc(Cl)s3)C1=O)CCNC2. The number of carbonyl (C=O) groups is 1. The number of fused-ring (bicyclic) bond motifs is 1. The second kappa shape index (κ2) is 8.20. The molecule has 1 aromatic carbocycles. The van der Waals surface area contributed by atoms with Crippen LogP contribution < -0.4 is 14.9 Å². The first-order valence-corrected chi connectivity index (χ1v) is 12.2. The summed E-state index contributed by atoms with van der Waals surface area (Å²) in [6, 6.07) is 6.91. The lowest BCUT2D eigenvalue weighted by Gasteiger charge is -2.24. The highest BCUT2D eigenvalue weighted by atomic mass is 35.5. The second-order valence-corrected chi connectivity index (χ2v) is 10.6. The maximum atomic E-state index is 12.9. The number of anilines is 1. The van der Waals surface area contributed by atoms with Crippen molar-refractivity contribution in [2.24, 2.45) is 0 Å². The molecule has 29 heavy (non-hydrogen) atoms. The molecule has 0 aliphatic carbocycles. The van der Waals surface area contributed by atoms with Gasteiger partial charge in [-0.15, -0.1) is 11.3 Å². The lowest BCUT2D eigenvalue weighted by atomic mass is 9.97. The summed E-state index contributed by atoms with van der Waals surface area (Å²) in [5, 5.41) is 4.44. The highest BCUT2D eigenvalue weighted by Crippen LogP contribution is 2.30. The Morgan fingerprint density at radius 1 is 1.31 bits per heavy atom. The Kier molecular flexibility index (Phi) is 5.81. The molecule has 1 atom stereocenters. The fraction of sp³-hybridized carbons (Fsp3) is 0.350. The molecule has 2 N–H and O–H groups in total. The monoisotopic (exact) mass is 451 g/mol. The van der Waals surface area contributed by atoms with Crippen LogP contribution in [-0.2, 0) is 27.8 Å². The van der Waals surface area contributed by atoms with Crippen molar-refractivity contribution in [2.45, 2.75) is 32.4 Å². The molecule has 0 radical (unpaired) electrons. The van der Waals surface area contributed by atoms with E-state index < -0.39 is 16.1 Å². The van der Waals surface area contributed by atoms with E-state index in [1.54, 1.807) is 17.0 Å². The Hall–Kier alpha value is -1.71. The van der Waals surface area contributed by atoms with Gasteiger partial charge in [0, 0.05) is 29.1 Å². The number of amides is 1. The molecule has 0 spiro atoms. The number of aryl methyl sites for hydroxylation is 1. The Balaban J connectivity index is 1.48. The number of hydrogen-bond donors (Lipinski definition) is 2. The minimum absolute atomic E-state index is 0.210. The molecule has 154 valence electrons. The number of thiophene rings is 1. The van der Waals surface area contributed by atoms with E-state index in [-0.39, 0.29) is 5.91 Å². The average molecular weight is 452 g/mol. The van der Waals surface area contributed by atoms with E-state index in [0.717, 1.165) is 41.0 Å². The number of rotatable bonds is 5. The van der Waals surface area contributed by atoms with Gasteiger partial charge >= 0.3 is 0 Å². The van der Waals surface area contributed by atoms with Crippen LogP contribution in [0.5, 0.6) is 0 Å². The van der Waals surface area contributed by atoms with E-state index in [4.69, 9.17) is 11.6 Å². The smallest absolute Gasteiger partial charge is 0.245 e. The van der Waals surface area contributed by atoms with E-state index in [0.29, 0.717) is 17.3 Å². The van der Waals surface area contributed by atoms with Crippen LogP contribution >= 0.6 is 22.9 Å². The van der Waals surface area contributed by atoms with Gasteiger partial charge in [0.2, 0.25) is 15.9 Å². The number of halogens is 1. The maximum Gasteiger partial charge on any atom is 0.245 e. The molecular formula is C20H22ClN3O3S2. The van der Waals surface area contributed by atoms with Crippen molar-refractivity contribution in [3.63, 3.8) is 0 Å². The summed E-state index contributed by atoms with van der Waals surface area (Å²) < 4.78 is 27.9. The van der Waals surface area contributed by atoms with Crippen LogP contribution in [0.1, 0.15) is 28.0 Å². The number of sulfonamides is 1. The minimum atomic E-state index is -3.74. The fourth-order valence-corrected chi connectivity index (χ4v) is 5.84. The molecule has 3 heterocycles. The van der Waals surface area contributed by atoms with E-state index in [9.17, 15) is 13.2 Å². The third kappa shape index (κ3) is 4.57. The van der Waals surface area contributed by atoms with Gasteiger partial charge in [0.15, 0.2) is 0 Å². The van der Waals surface area contributed by atoms with Gasteiger partial charge in [-0.3, -0.25) is 4.79 Å². The largest absolute Gasteiger partial charge is 0.312 e. The normalized spacial score (nSPS) is 19.9. The highest BCUT2D eigenvalue weighted by Gasteiger charge is 2.35. The van der Waals surface area contributed by atoms with E-state index in [1.165, 1.54) is 28.5 Å². The van der Waals surface area contributed by atoms with Gasteiger partial charge in [0.25, 0.3) is 0 Å². The zero-order valence-corrected chi connectivity index (χ0v) is 18.3. The number of hydrogen-bond acceptors (Lipinski definition) is 5. The molecular weight excluding hydrogens is 430 g/mol. The summed E-state index contributed by atoms with van der Waals surface area (Å²) in [6.07, 6.45) is 2.85. The van der Waals surface area contributed by atoms with E-state index in [2.05, 4.69) is 22.2 Å². The molecule has 1 fully saturated rings. The Bertz CT molecular complexity index is 1080. The first-order valence-electron chi connectivity index (χ1n) is 9.43. The number of nitrogens with one attached hydrogen (secondary N) is 2. The van der Waals surface area contributed by atoms with Crippen molar-refractivity contribution in [1.82, 2.24) is 10.0 Å².